The predicted molar refractivity (Wildman–Crippen MR) is 274 cm³/mol. The van der Waals surface area contributed by atoms with Crippen LogP contribution in [0, 0.1) is 5.92 Å². The van der Waals surface area contributed by atoms with Crippen LogP contribution >= 0.6 is 0 Å². The largest absolute Gasteiger partial charge is 0.481 e. The lowest BCUT2D eigenvalue weighted by molar-refractivity contribution is -0.147. The van der Waals surface area contributed by atoms with Gasteiger partial charge in [0, 0.05) is 6.42 Å². The number of carbonyl (C=O) groups is 14. The third-order valence-electron chi connectivity index (χ3n) is 11.4. The first-order valence-electron chi connectivity index (χ1n) is 25.3. The van der Waals surface area contributed by atoms with Gasteiger partial charge in [0.1, 0.15) is 54.4 Å². The van der Waals surface area contributed by atoms with Crippen LogP contribution in [-0.2, 0) is 67.1 Å². The van der Waals surface area contributed by atoms with Crippen LogP contribution in [0.15, 0.2) is 0 Å². The second kappa shape index (κ2) is 39.6. The van der Waals surface area contributed by atoms with Gasteiger partial charge >= 0.3 is 17.9 Å². The molecule has 0 aliphatic heterocycles. The Morgan fingerprint density at radius 2 is 0.728 bits per heavy atom. The highest BCUT2D eigenvalue weighted by atomic mass is 16.4. The van der Waals surface area contributed by atoms with Crippen molar-refractivity contribution in [2.45, 2.75) is 132 Å². The van der Waals surface area contributed by atoms with Gasteiger partial charge in [0.2, 0.25) is 65.0 Å². The molecule has 11 amide bonds. The van der Waals surface area contributed by atoms with Crippen molar-refractivity contribution < 1.29 is 108 Å². The van der Waals surface area contributed by atoms with Gasteiger partial charge in [-0.2, -0.15) is 0 Å². The van der Waals surface area contributed by atoms with Crippen LogP contribution in [0.25, 0.3) is 0 Å². The number of carboxylic acids is 3. The molecule has 0 radical (unpaired) electrons. The average Bonchev–Trinajstić information content (AvgIpc) is 3.41. The third-order valence-corrected chi connectivity index (χ3v) is 11.4. The van der Waals surface area contributed by atoms with Gasteiger partial charge < -0.3 is 117 Å². The molecule has 10 atom stereocenters. The molecule has 460 valence electrons. The number of hydrogen-bond donors (Lipinski definition) is 22. The number of carbonyl (C=O) groups excluding carboxylic acids is 11. The second-order valence-corrected chi connectivity index (χ2v) is 18.2. The standard InChI is InChI=1S/C45H78N14O22/c1-21(2)35(44(79)55-25(45(80)81)13-34(69)70)59-40(75)23(8-4-6-12-47)53-42(77)30(20-64)58-39(74)24(9-10-33(67)68)54-41(76)28(18-62)52-32(66)15-49-37(72)26(16-60)51-31(65)14-50-38(73)27(17-61)57-43(78)29(19-63)56-36(71)22(48)7-3-5-11-46/h21-30,35,60-64H,3-20,46-48H2,1-2H3,(H,49,72)(H,50,73)(H,51,65)(H,52,66)(H,53,77)(H,54,76)(H,55,79)(H,56,71)(H,57,78)(H,58,74)(H,59,75)(H,67,68)(H,69,70)(H,80,81)/t22-,23-,24-,25-,26-,27-,28-,29-,30-,35-/m0/s1. The number of carboxylic acid groups (broad SMARTS) is 3. The molecule has 0 fully saturated rings. The monoisotopic (exact) mass is 1170 g/mol. The molecule has 0 aromatic rings. The Morgan fingerprint density at radius 3 is 1.12 bits per heavy atom. The lowest BCUT2D eigenvalue weighted by atomic mass is 10.0. The molecule has 0 aliphatic rings. The molecule has 36 nitrogen and oxygen atoms in total. The number of aliphatic carboxylic acids is 3. The molecule has 0 aliphatic carbocycles. The summed E-state index contributed by atoms with van der Waals surface area (Å²) in [6.45, 7) is -3.89. The fraction of sp³-hybridized carbons (Fsp3) is 0.689. The molecule has 0 aromatic heterocycles. The maximum atomic E-state index is 13.5. The number of aliphatic hydroxyl groups is 5. The van der Waals surface area contributed by atoms with Gasteiger partial charge in [-0.3, -0.25) is 62.3 Å². The molecular weight excluding hydrogens is 1090 g/mol. The Labute approximate surface area is 462 Å². The van der Waals surface area contributed by atoms with Crippen LogP contribution in [0.5, 0.6) is 0 Å². The molecule has 36 heteroatoms. The highest BCUT2D eigenvalue weighted by molar-refractivity contribution is 5.99. The van der Waals surface area contributed by atoms with Crippen molar-refractivity contribution in [1.29, 1.82) is 0 Å². The number of nitrogens with one attached hydrogen (secondary N) is 11. The summed E-state index contributed by atoms with van der Waals surface area (Å²) in [5.74, 6) is -18.0. The molecule has 25 N–H and O–H groups in total. The van der Waals surface area contributed by atoms with E-state index in [9.17, 15) is 103 Å². The van der Waals surface area contributed by atoms with Crippen LogP contribution in [-0.4, -0.2) is 243 Å². The SMILES string of the molecule is CC(C)[C@H](NC(=O)[C@H](CCCCN)NC(=O)[C@H](CO)NC(=O)[C@H](CCC(=O)O)NC(=O)[C@H](CO)NC(=O)CNC(=O)[C@H](CO)NC(=O)CNC(=O)[C@H](CO)NC(=O)[C@H](CO)NC(=O)[C@@H](N)CCCCN)C(=O)N[C@@H](CC(=O)O)C(=O)O. The molecule has 0 unspecified atom stereocenters. The van der Waals surface area contributed by atoms with Gasteiger partial charge in [-0.15, -0.1) is 0 Å². The van der Waals surface area contributed by atoms with Crippen molar-refractivity contribution in [2.75, 3.05) is 59.2 Å². The molecule has 0 aromatic carbocycles. The van der Waals surface area contributed by atoms with Crippen molar-refractivity contribution >= 4 is 82.9 Å². The molecular formula is C45H78N14O22. The van der Waals surface area contributed by atoms with Crippen LogP contribution in [0.3, 0.4) is 0 Å². The smallest absolute Gasteiger partial charge is 0.326 e. The first-order valence-corrected chi connectivity index (χ1v) is 25.3. The lowest BCUT2D eigenvalue weighted by Crippen LogP contribution is -2.61. The van der Waals surface area contributed by atoms with Gasteiger partial charge in [-0.25, -0.2) is 4.79 Å². The van der Waals surface area contributed by atoms with Crippen molar-refractivity contribution in [1.82, 2.24) is 58.5 Å². The molecule has 0 saturated carbocycles. The van der Waals surface area contributed by atoms with E-state index in [1.807, 2.05) is 21.3 Å². The minimum Gasteiger partial charge on any atom is -0.481 e. The van der Waals surface area contributed by atoms with Crippen molar-refractivity contribution in [3.63, 3.8) is 0 Å². The predicted octanol–water partition coefficient (Wildman–Crippen LogP) is -11.8. The minimum absolute atomic E-state index is 0.143. The molecule has 0 rings (SSSR count). The number of hydrogen-bond acceptors (Lipinski definition) is 22. The number of amides is 11. The van der Waals surface area contributed by atoms with Gasteiger partial charge in [0.15, 0.2) is 0 Å². The first-order chi connectivity index (χ1) is 38.1. The fourth-order valence-corrected chi connectivity index (χ4v) is 6.77. The van der Waals surface area contributed by atoms with E-state index in [4.69, 9.17) is 22.3 Å². The summed E-state index contributed by atoms with van der Waals surface area (Å²) in [5, 5.41) is 100. The van der Waals surface area contributed by atoms with Gasteiger partial charge in [0.25, 0.3) is 0 Å². The Hall–Kier alpha value is -7.74. The summed E-state index contributed by atoms with van der Waals surface area (Å²) in [6, 6.07) is -16.7. The highest BCUT2D eigenvalue weighted by Crippen LogP contribution is 2.09. The number of nitrogens with two attached hydrogens (primary N) is 3. The van der Waals surface area contributed by atoms with E-state index in [2.05, 4.69) is 37.2 Å². The van der Waals surface area contributed by atoms with E-state index in [1.54, 1.807) is 0 Å². The Kier molecular flexibility index (Phi) is 35.8. The zero-order chi connectivity index (χ0) is 61.9. The average molecular weight is 1170 g/mol. The van der Waals surface area contributed by atoms with Crippen molar-refractivity contribution in [3.05, 3.63) is 0 Å². The third kappa shape index (κ3) is 28.8. The van der Waals surface area contributed by atoms with E-state index in [0.29, 0.717) is 25.8 Å². The fourth-order valence-electron chi connectivity index (χ4n) is 6.77. The zero-order valence-corrected chi connectivity index (χ0v) is 44.6. The Bertz CT molecular complexity index is 2160. The summed E-state index contributed by atoms with van der Waals surface area (Å²) >= 11 is 0. The van der Waals surface area contributed by atoms with E-state index < -0.39 is 215 Å². The number of rotatable bonds is 42. The topological polar surface area (TPSA) is 611 Å². The van der Waals surface area contributed by atoms with Gasteiger partial charge in [-0.1, -0.05) is 20.3 Å². The molecule has 0 bridgehead atoms. The van der Waals surface area contributed by atoms with Crippen LogP contribution in [0.2, 0.25) is 0 Å². The normalized spacial score (nSPS) is 14.7. The maximum absolute atomic E-state index is 13.5. The summed E-state index contributed by atoms with van der Waals surface area (Å²) in [5.41, 5.74) is 16.8. The number of aliphatic hydroxyl groups excluding tert-OH is 5. The van der Waals surface area contributed by atoms with Crippen LogP contribution in [0.1, 0.15) is 71.6 Å². The van der Waals surface area contributed by atoms with E-state index >= 15 is 0 Å². The highest BCUT2D eigenvalue weighted by Gasteiger charge is 2.35. The van der Waals surface area contributed by atoms with E-state index in [0.717, 1.165) is 0 Å². The minimum atomic E-state index is -1.92. The first kappa shape index (κ1) is 73.3. The summed E-state index contributed by atoms with van der Waals surface area (Å²) in [7, 11) is 0. The number of unbranched alkanes of at least 4 members (excludes halogenated alkanes) is 2. The molecule has 0 heterocycles. The summed E-state index contributed by atoms with van der Waals surface area (Å²) in [4.78, 5) is 177. The van der Waals surface area contributed by atoms with E-state index in [-0.39, 0.29) is 25.8 Å². The van der Waals surface area contributed by atoms with Crippen molar-refractivity contribution in [2.24, 2.45) is 23.1 Å². The van der Waals surface area contributed by atoms with Gasteiger partial charge in [-0.05, 0) is 57.5 Å². The quantitative estimate of drug-likeness (QED) is 0.0252. The second-order valence-electron chi connectivity index (χ2n) is 18.2. The van der Waals surface area contributed by atoms with Crippen molar-refractivity contribution in [3.8, 4) is 0 Å². The van der Waals surface area contributed by atoms with Crippen LogP contribution < -0.4 is 75.7 Å². The Morgan fingerprint density at radius 1 is 0.383 bits per heavy atom. The van der Waals surface area contributed by atoms with E-state index in [1.165, 1.54) is 13.8 Å². The maximum Gasteiger partial charge on any atom is 0.326 e. The summed E-state index contributed by atoms with van der Waals surface area (Å²) < 4.78 is 0. The lowest BCUT2D eigenvalue weighted by Gasteiger charge is -2.28. The van der Waals surface area contributed by atoms with Crippen LogP contribution in [0.4, 0.5) is 0 Å². The Balaban J connectivity index is 5.78. The summed E-state index contributed by atoms with van der Waals surface area (Å²) in [6.07, 6.45) is -0.832. The zero-order valence-electron chi connectivity index (χ0n) is 44.6. The molecule has 0 saturated heterocycles. The molecule has 81 heavy (non-hydrogen) atoms. The van der Waals surface area contributed by atoms with Gasteiger partial charge in [0.05, 0.1) is 58.6 Å². The molecule has 0 spiro atoms.